The van der Waals surface area contributed by atoms with E-state index in [9.17, 15) is 13.2 Å². The molecule has 1 aliphatic rings. The molecule has 8 heteroatoms. The quantitative estimate of drug-likeness (QED) is 0.727. The Kier molecular flexibility index (Phi) is 6.66. The Hall–Kier alpha value is -1.80. The lowest BCUT2D eigenvalue weighted by molar-refractivity contribution is -0.135. The van der Waals surface area contributed by atoms with E-state index in [4.69, 9.17) is 9.47 Å². The number of carbonyl (C=O) groups excluding carboxylic acids is 1. The second kappa shape index (κ2) is 8.53. The molecule has 25 heavy (non-hydrogen) atoms. The molecule has 140 valence electrons. The van der Waals surface area contributed by atoms with Crippen LogP contribution in [-0.2, 0) is 19.6 Å². The summed E-state index contributed by atoms with van der Waals surface area (Å²) in [6, 6.07) is 6.85. The highest BCUT2D eigenvalue weighted by molar-refractivity contribution is 7.92. The lowest BCUT2D eigenvalue weighted by Crippen LogP contribution is -2.42. The molecule has 1 aliphatic heterocycles. The summed E-state index contributed by atoms with van der Waals surface area (Å²) in [7, 11) is -3.48. The molecule has 1 fully saturated rings. The Morgan fingerprint density at radius 2 is 1.84 bits per heavy atom. The molecule has 0 saturated carbocycles. The van der Waals surface area contributed by atoms with Gasteiger partial charge in [0.15, 0.2) is 0 Å². The lowest BCUT2D eigenvalue weighted by Gasteiger charge is -2.28. The predicted octanol–water partition coefficient (Wildman–Crippen LogP) is 1.49. The lowest BCUT2D eigenvalue weighted by atomic mass is 10.2. The predicted molar refractivity (Wildman–Crippen MR) is 96.4 cm³/mol. The van der Waals surface area contributed by atoms with Gasteiger partial charge in [-0.15, -0.1) is 0 Å². The molecule has 0 aromatic heterocycles. The van der Waals surface area contributed by atoms with Crippen LogP contribution in [0.15, 0.2) is 24.3 Å². The van der Waals surface area contributed by atoms with Crippen molar-refractivity contribution in [2.75, 3.05) is 43.4 Å². The molecule has 1 aromatic carbocycles. The first-order valence-corrected chi connectivity index (χ1v) is 10.2. The van der Waals surface area contributed by atoms with Gasteiger partial charge in [0.25, 0.3) is 0 Å². The highest BCUT2D eigenvalue weighted by Crippen LogP contribution is 2.22. The van der Waals surface area contributed by atoms with Gasteiger partial charge < -0.3 is 14.4 Å². The van der Waals surface area contributed by atoms with E-state index >= 15 is 0 Å². The Bertz CT molecular complexity index is 667. The van der Waals surface area contributed by atoms with Crippen molar-refractivity contribution in [2.45, 2.75) is 26.4 Å². The minimum absolute atomic E-state index is 0.0444. The van der Waals surface area contributed by atoms with Crippen LogP contribution < -0.4 is 9.04 Å². The summed E-state index contributed by atoms with van der Waals surface area (Å²) in [5.41, 5.74) is 0.522. The Morgan fingerprint density at radius 1 is 1.24 bits per heavy atom. The van der Waals surface area contributed by atoms with Gasteiger partial charge in [-0.1, -0.05) is 0 Å². The second-order valence-corrected chi connectivity index (χ2v) is 8.15. The number of rotatable bonds is 7. The Labute approximate surface area is 149 Å². The molecular formula is C17H26N2O5S. The van der Waals surface area contributed by atoms with Crippen molar-refractivity contribution in [1.82, 2.24) is 4.90 Å². The third kappa shape index (κ3) is 5.89. The van der Waals surface area contributed by atoms with Crippen molar-refractivity contribution in [3.63, 3.8) is 0 Å². The van der Waals surface area contributed by atoms with Crippen molar-refractivity contribution in [1.29, 1.82) is 0 Å². The fourth-order valence-electron chi connectivity index (χ4n) is 2.62. The van der Waals surface area contributed by atoms with Gasteiger partial charge in [-0.2, -0.15) is 0 Å². The molecule has 0 unspecified atom stereocenters. The monoisotopic (exact) mass is 370 g/mol. The van der Waals surface area contributed by atoms with Gasteiger partial charge in [-0.25, -0.2) is 8.42 Å². The van der Waals surface area contributed by atoms with E-state index in [1.807, 2.05) is 13.8 Å². The van der Waals surface area contributed by atoms with E-state index in [2.05, 4.69) is 0 Å². The molecule has 1 saturated heterocycles. The Balaban J connectivity index is 2.05. The fraction of sp³-hybridized carbons (Fsp3) is 0.588. The van der Waals surface area contributed by atoms with E-state index < -0.39 is 10.0 Å². The maximum atomic E-state index is 12.3. The molecule has 7 nitrogen and oxygen atoms in total. The SMILES string of the molecule is CC(C)Oc1ccc(N(CCC(=O)N2CCOCC2)S(C)(=O)=O)cc1. The molecule has 0 N–H and O–H groups in total. The normalized spacial score (nSPS) is 15.3. The first-order chi connectivity index (χ1) is 11.8. The van der Waals surface area contributed by atoms with Crippen LogP contribution in [0.1, 0.15) is 20.3 Å². The summed E-state index contributed by atoms with van der Waals surface area (Å²) >= 11 is 0. The summed E-state index contributed by atoms with van der Waals surface area (Å²) < 4.78 is 36.3. The van der Waals surface area contributed by atoms with Crippen LogP contribution in [0.3, 0.4) is 0 Å². The number of hydrogen-bond acceptors (Lipinski definition) is 5. The van der Waals surface area contributed by atoms with Crippen LogP contribution in [-0.4, -0.2) is 64.4 Å². The molecule has 0 bridgehead atoms. The minimum Gasteiger partial charge on any atom is -0.491 e. The number of hydrogen-bond donors (Lipinski definition) is 0. The third-order valence-corrected chi connectivity index (χ3v) is 4.98. The number of benzene rings is 1. The zero-order chi connectivity index (χ0) is 18.4. The molecule has 2 rings (SSSR count). The third-order valence-electron chi connectivity index (χ3n) is 3.79. The maximum absolute atomic E-state index is 12.3. The van der Waals surface area contributed by atoms with Gasteiger partial charge in [-0.05, 0) is 38.1 Å². The van der Waals surface area contributed by atoms with Crippen LogP contribution in [0, 0.1) is 0 Å². The average molecular weight is 370 g/mol. The largest absolute Gasteiger partial charge is 0.491 e. The number of nitrogens with zero attached hydrogens (tertiary/aromatic N) is 2. The van der Waals surface area contributed by atoms with Gasteiger partial charge >= 0.3 is 0 Å². The summed E-state index contributed by atoms with van der Waals surface area (Å²) in [5.74, 6) is 0.619. The summed E-state index contributed by atoms with van der Waals surface area (Å²) in [6.07, 6.45) is 1.32. The van der Waals surface area contributed by atoms with Crippen LogP contribution >= 0.6 is 0 Å². The fourth-order valence-corrected chi connectivity index (χ4v) is 3.55. The van der Waals surface area contributed by atoms with Gasteiger partial charge in [0, 0.05) is 26.1 Å². The van der Waals surface area contributed by atoms with Crippen LogP contribution in [0.5, 0.6) is 5.75 Å². The van der Waals surface area contributed by atoms with Gasteiger partial charge in [-0.3, -0.25) is 9.10 Å². The van der Waals surface area contributed by atoms with Gasteiger partial charge in [0.05, 0.1) is 31.3 Å². The van der Waals surface area contributed by atoms with Crippen LogP contribution in [0.25, 0.3) is 0 Å². The van der Waals surface area contributed by atoms with E-state index in [-0.39, 0.29) is 25.0 Å². The zero-order valence-electron chi connectivity index (χ0n) is 15.0. The molecule has 0 atom stereocenters. The number of morpholine rings is 1. The second-order valence-electron chi connectivity index (χ2n) is 6.24. The van der Waals surface area contributed by atoms with E-state index in [1.165, 1.54) is 4.31 Å². The van der Waals surface area contributed by atoms with E-state index in [0.717, 1.165) is 6.26 Å². The zero-order valence-corrected chi connectivity index (χ0v) is 15.8. The summed E-state index contributed by atoms with van der Waals surface area (Å²) in [4.78, 5) is 14.0. The molecule has 0 radical (unpaired) electrons. The van der Waals surface area contributed by atoms with E-state index in [1.54, 1.807) is 29.2 Å². The first kappa shape index (κ1) is 19.5. The van der Waals surface area contributed by atoms with Crippen molar-refractivity contribution in [2.24, 2.45) is 0 Å². The number of sulfonamides is 1. The summed E-state index contributed by atoms with van der Waals surface area (Å²) in [6.45, 7) is 6.12. The maximum Gasteiger partial charge on any atom is 0.232 e. The number of carbonyl (C=O) groups is 1. The number of anilines is 1. The molecule has 1 aromatic rings. The van der Waals surface area contributed by atoms with E-state index in [0.29, 0.717) is 37.7 Å². The van der Waals surface area contributed by atoms with Crippen molar-refractivity contribution >= 4 is 21.6 Å². The van der Waals surface area contributed by atoms with Gasteiger partial charge in [0.1, 0.15) is 5.75 Å². The highest BCUT2D eigenvalue weighted by atomic mass is 32.2. The number of ether oxygens (including phenoxy) is 2. The highest BCUT2D eigenvalue weighted by Gasteiger charge is 2.22. The smallest absolute Gasteiger partial charge is 0.232 e. The minimum atomic E-state index is -3.48. The number of amides is 1. The first-order valence-electron chi connectivity index (χ1n) is 8.37. The standard InChI is InChI=1S/C17H26N2O5S/c1-14(2)24-16-6-4-15(5-7-16)19(25(3,21)22)9-8-17(20)18-10-12-23-13-11-18/h4-7,14H,8-13H2,1-3H3. The Morgan fingerprint density at radius 3 is 2.36 bits per heavy atom. The molecule has 1 heterocycles. The van der Waals surface area contributed by atoms with Crippen LogP contribution in [0.4, 0.5) is 5.69 Å². The summed E-state index contributed by atoms with van der Waals surface area (Å²) in [5, 5.41) is 0. The van der Waals surface area contributed by atoms with Crippen molar-refractivity contribution in [3.8, 4) is 5.75 Å². The van der Waals surface area contributed by atoms with Crippen LogP contribution in [0.2, 0.25) is 0 Å². The average Bonchev–Trinajstić information content (AvgIpc) is 2.55. The van der Waals surface area contributed by atoms with Gasteiger partial charge in [0.2, 0.25) is 15.9 Å². The molecule has 0 spiro atoms. The van der Waals surface area contributed by atoms with Crippen molar-refractivity contribution < 1.29 is 22.7 Å². The van der Waals surface area contributed by atoms with Crippen molar-refractivity contribution in [3.05, 3.63) is 24.3 Å². The molecule has 1 amide bonds. The molecular weight excluding hydrogens is 344 g/mol. The molecule has 0 aliphatic carbocycles. The topological polar surface area (TPSA) is 76.2 Å².